The summed E-state index contributed by atoms with van der Waals surface area (Å²) in [6.45, 7) is 6.68. The van der Waals surface area contributed by atoms with E-state index in [0.717, 1.165) is 77.0 Å². The Hall–Kier alpha value is -3.07. The first-order valence-corrected chi connectivity index (χ1v) is 35.0. The number of allylic oxidation sites excluding steroid dienone is 15. The third-order valence-corrected chi connectivity index (χ3v) is 15.5. The smallest absolute Gasteiger partial charge is 0.306 e. The number of quaternary nitrogens is 1. The maximum atomic E-state index is 13.6. The lowest BCUT2D eigenvalue weighted by Gasteiger charge is -2.30. The van der Waals surface area contributed by atoms with E-state index in [9.17, 15) is 19.0 Å². The van der Waals surface area contributed by atoms with Crippen molar-refractivity contribution in [3.05, 3.63) is 97.2 Å². The van der Waals surface area contributed by atoms with Gasteiger partial charge in [-0.2, -0.15) is 0 Å². The van der Waals surface area contributed by atoms with Gasteiger partial charge in [-0.3, -0.25) is 14.2 Å². The molecule has 0 rings (SSSR count). The van der Waals surface area contributed by atoms with Gasteiger partial charge in [-0.1, -0.05) is 279 Å². The minimum Gasteiger partial charge on any atom is -0.756 e. The minimum absolute atomic E-state index is 0.0366. The molecule has 3 atom stereocenters. The molecule has 0 saturated heterocycles. The summed E-state index contributed by atoms with van der Waals surface area (Å²) < 4.78 is 30.3. The predicted molar refractivity (Wildman–Crippen MR) is 348 cm³/mol. The number of nitrogens with zero attached hydrogens (tertiary/aromatic N) is 1. The second-order valence-corrected chi connectivity index (χ2v) is 25.0. The van der Waals surface area contributed by atoms with Crippen molar-refractivity contribution in [3.63, 3.8) is 0 Å². The van der Waals surface area contributed by atoms with Gasteiger partial charge in [-0.15, -0.1) is 0 Å². The summed E-state index contributed by atoms with van der Waals surface area (Å²) in [6.07, 6.45) is 81.2. The molecule has 81 heavy (non-hydrogen) atoms. The molecule has 0 fully saturated rings. The molecule has 1 amide bonds. The van der Waals surface area contributed by atoms with Gasteiger partial charge in [0.25, 0.3) is 7.82 Å². The number of hydrogen-bond donors (Lipinski definition) is 1. The van der Waals surface area contributed by atoms with Crippen LogP contribution < -0.4 is 10.2 Å². The van der Waals surface area contributed by atoms with Crippen LogP contribution in [0.25, 0.3) is 0 Å². The molecule has 0 saturated carbocycles. The van der Waals surface area contributed by atoms with Crippen molar-refractivity contribution in [2.24, 2.45) is 0 Å². The van der Waals surface area contributed by atoms with E-state index < -0.39 is 32.5 Å². The average molecular weight is 1150 g/mol. The van der Waals surface area contributed by atoms with Gasteiger partial charge in [0.2, 0.25) is 5.91 Å². The van der Waals surface area contributed by atoms with Crippen molar-refractivity contribution in [1.82, 2.24) is 5.32 Å². The first-order chi connectivity index (χ1) is 39.4. The third-order valence-electron chi connectivity index (χ3n) is 14.5. The topological polar surface area (TPSA) is 114 Å². The molecule has 468 valence electrons. The number of rotatable bonds is 60. The van der Waals surface area contributed by atoms with E-state index in [4.69, 9.17) is 13.8 Å². The van der Waals surface area contributed by atoms with Gasteiger partial charge >= 0.3 is 5.97 Å². The van der Waals surface area contributed by atoms with Crippen molar-refractivity contribution in [1.29, 1.82) is 0 Å². The highest BCUT2D eigenvalue weighted by molar-refractivity contribution is 7.45. The van der Waals surface area contributed by atoms with Crippen LogP contribution in [-0.2, 0) is 27.9 Å². The molecular weight excluding hydrogens is 1020 g/mol. The summed E-state index contributed by atoms with van der Waals surface area (Å²) in [7, 11) is 1.14. The molecule has 0 aromatic heterocycles. The number of unbranched alkanes of at least 4 members (excludes halogenated alkanes) is 30. The van der Waals surface area contributed by atoms with Crippen LogP contribution in [0.1, 0.15) is 290 Å². The standard InChI is InChI=1S/C71H127N2O7P/c1-7-10-13-16-19-22-25-27-29-31-33-34-35-36-37-38-40-41-43-45-48-51-54-57-60-63-70(74)72-68(67-79-81(76,77)78-66-65-73(4,5)6)69(62-59-56-53-50-47-24-21-18-15-12-9-3)80-71(75)64-61-58-55-52-49-46-44-42-39-32-30-28-26-23-20-17-14-11-8-2/h11,14,20,23,27-30,39,42,46,49,55,58-59,62,68-69H,7-10,12-13,15-19,21-22,24-26,31-38,40-41,43-45,47-48,50-54,56-57,60-61,63-67H2,1-6H3,(H-,72,74,76,77)/b14-11-,23-20-,29-27+,30-28-,42-39-,49-46-,58-55-,62-59-. The van der Waals surface area contributed by atoms with Gasteiger partial charge in [-0.25, -0.2) is 0 Å². The maximum absolute atomic E-state index is 13.6. The monoisotopic (exact) mass is 1150 g/mol. The Labute approximate surface area is 500 Å². The molecule has 0 aromatic carbocycles. The van der Waals surface area contributed by atoms with E-state index in [1.54, 1.807) is 6.08 Å². The number of likely N-dealkylation sites (N-methyl/N-ethyl adjacent to an activating group) is 1. The van der Waals surface area contributed by atoms with E-state index in [-0.39, 0.29) is 18.9 Å². The molecule has 0 bridgehead atoms. The number of esters is 1. The Morgan fingerprint density at radius 3 is 1.21 bits per heavy atom. The molecule has 0 heterocycles. The number of amides is 1. The van der Waals surface area contributed by atoms with Crippen LogP contribution in [0.5, 0.6) is 0 Å². The highest BCUT2D eigenvalue weighted by Crippen LogP contribution is 2.38. The van der Waals surface area contributed by atoms with Gasteiger partial charge in [0, 0.05) is 12.8 Å². The zero-order valence-electron chi connectivity index (χ0n) is 53.5. The van der Waals surface area contributed by atoms with Crippen LogP contribution in [0.4, 0.5) is 0 Å². The van der Waals surface area contributed by atoms with Crippen LogP contribution in [0.15, 0.2) is 97.2 Å². The molecule has 0 aliphatic rings. The number of phosphoric ester groups is 1. The number of hydrogen-bond acceptors (Lipinski definition) is 7. The highest BCUT2D eigenvalue weighted by Gasteiger charge is 2.27. The summed E-state index contributed by atoms with van der Waals surface area (Å²) in [6, 6.07) is -0.923. The molecule has 0 aromatic rings. The highest BCUT2D eigenvalue weighted by atomic mass is 31.2. The Balaban J connectivity index is 5.15. The van der Waals surface area contributed by atoms with Crippen molar-refractivity contribution < 1.29 is 37.3 Å². The number of ether oxygens (including phenoxy) is 1. The fraction of sp³-hybridized carbons (Fsp3) is 0.746. The summed E-state index contributed by atoms with van der Waals surface area (Å²) in [5, 5.41) is 3.01. The van der Waals surface area contributed by atoms with Gasteiger partial charge in [0.15, 0.2) is 0 Å². The summed E-state index contributed by atoms with van der Waals surface area (Å²) >= 11 is 0. The molecule has 0 spiro atoms. The zero-order valence-corrected chi connectivity index (χ0v) is 54.4. The molecular formula is C71H127N2O7P. The van der Waals surface area contributed by atoms with Gasteiger partial charge in [0.05, 0.1) is 33.8 Å². The van der Waals surface area contributed by atoms with E-state index >= 15 is 0 Å². The van der Waals surface area contributed by atoms with Crippen molar-refractivity contribution in [2.75, 3.05) is 40.9 Å². The van der Waals surface area contributed by atoms with Gasteiger partial charge in [-0.05, 0) is 96.0 Å². The molecule has 10 heteroatoms. The predicted octanol–water partition coefficient (Wildman–Crippen LogP) is 20.5. The van der Waals surface area contributed by atoms with Gasteiger partial charge in [0.1, 0.15) is 19.3 Å². The second-order valence-electron chi connectivity index (χ2n) is 23.6. The molecule has 1 N–H and O–H groups in total. The van der Waals surface area contributed by atoms with E-state index in [2.05, 4.69) is 99.0 Å². The first-order valence-electron chi connectivity index (χ1n) is 33.5. The van der Waals surface area contributed by atoms with Crippen molar-refractivity contribution in [2.45, 2.75) is 303 Å². The Bertz CT molecular complexity index is 1710. The summed E-state index contributed by atoms with van der Waals surface area (Å²) in [4.78, 5) is 40.0. The zero-order chi connectivity index (χ0) is 59.3. The lowest BCUT2D eigenvalue weighted by molar-refractivity contribution is -0.870. The third kappa shape index (κ3) is 61.3. The van der Waals surface area contributed by atoms with Crippen LogP contribution in [0, 0.1) is 0 Å². The normalized spacial score (nSPS) is 14.2. The van der Waals surface area contributed by atoms with E-state index in [1.807, 2.05) is 39.4 Å². The minimum atomic E-state index is -4.72. The van der Waals surface area contributed by atoms with Gasteiger partial charge < -0.3 is 28.5 Å². The number of nitrogens with one attached hydrogen (secondary N) is 1. The van der Waals surface area contributed by atoms with Crippen LogP contribution >= 0.6 is 7.82 Å². The Morgan fingerprint density at radius 1 is 0.444 bits per heavy atom. The maximum Gasteiger partial charge on any atom is 0.306 e. The first kappa shape index (κ1) is 77.9. The molecule has 9 nitrogen and oxygen atoms in total. The van der Waals surface area contributed by atoms with Crippen LogP contribution in [-0.4, -0.2) is 69.4 Å². The SMILES string of the molecule is CC/C=C\C/C=C\C/C=C\C/C=C\C/C=C\C/C=C\CCC(=O)OC(/C=C\CCCCCCCCCCC)C(COP(=O)([O-])OCC[N+](C)(C)C)NC(=O)CCCCCCCCCCCCCCCCC/C=C/CCCCCCCC. The van der Waals surface area contributed by atoms with E-state index in [1.165, 1.54) is 173 Å². The summed E-state index contributed by atoms with van der Waals surface area (Å²) in [5.41, 5.74) is 0. The number of carbonyl (C=O) groups is 2. The lowest BCUT2D eigenvalue weighted by atomic mass is 10.0. The average Bonchev–Trinajstić information content (AvgIpc) is 3.44. The quantitative estimate of drug-likeness (QED) is 0.0212. The number of carbonyl (C=O) groups excluding carboxylic acids is 2. The molecule has 3 unspecified atom stereocenters. The van der Waals surface area contributed by atoms with Crippen molar-refractivity contribution in [3.8, 4) is 0 Å². The second kappa shape index (κ2) is 60.1. The molecule has 0 radical (unpaired) electrons. The molecule has 0 aliphatic heterocycles. The molecule has 0 aliphatic carbocycles. The largest absolute Gasteiger partial charge is 0.756 e. The summed E-state index contributed by atoms with van der Waals surface area (Å²) in [5.74, 6) is -0.637. The van der Waals surface area contributed by atoms with Crippen LogP contribution in [0.3, 0.4) is 0 Å². The fourth-order valence-electron chi connectivity index (χ4n) is 9.37. The van der Waals surface area contributed by atoms with E-state index in [0.29, 0.717) is 23.9 Å². The fourth-order valence-corrected chi connectivity index (χ4v) is 10.1. The Kier molecular flexibility index (Phi) is 57.8. The number of phosphoric acid groups is 1. The van der Waals surface area contributed by atoms with Crippen LogP contribution in [0.2, 0.25) is 0 Å². The lowest BCUT2D eigenvalue weighted by Crippen LogP contribution is -2.47. The van der Waals surface area contributed by atoms with Crippen molar-refractivity contribution >= 4 is 19.7 Å². The Morgan fingerprint density at radius 2 is 0.802 bits per heavy atom.